The maximum atomic E-state index is 13.3. The van der Waals surface area contributed by atoms with Crippen LogP contribution in [0.15, 0.2) is 23.0 Å². The van der Waals surface area contributed by atoms with Crippen molar-refractivity contribution in [1.29, 1.82) is 0 Å². The van der Waals surface area contributed by atoms with Gasteiger partial charge in [-0.05, 0) is 71.8 Å². The van der Waals surface area contributed by atoms with Crippen molar-refractivity contribution >= 4 is 10.9 Å². The molecule has 2 fully saturated rings. The number of likely N-dealkylation sites (tertiary alicyclic amines) is 1. The lowest BCUT2D eigenvalue weighted by Gasteiger charge is -2.32. The Kier molecular flexibility index (Phi) is 5.35. The van der Waals surface area contributed by atoms with Gasteiger partial charge in [-0.3, -0.25) is 4.79 Å². The molecule has 164 valence electrons. The Hall–Kier alpha value is -2.58. The SMILES string of the molecule is Cc1cc2cc([C@H](c3nnnn3C3CCCC3)[NH+]3CCC(O)CC3)c(=O)[nH]c2cc1C. The number of quaternary nitrogens is 1. The zero-order valence-electron chi connectivity index (χ0n) is 18.3. The second-order valence-corrected chi connectivity index (χ2v) is 9.32. The van der Waals surface area contributed by atoms with Gasteiger partial charge < -0.3 is 15.0 Å². The number of piperidine rings is 1. The summed E-state index contributed by atoms with van der Waals surface area (Å²) in [6.45, 7) is 5.72. The molecule has 0 amide bonds. The van der Waals surface area contributed by atoms with Crippen LogP contribution in [0, 0.1) is 13.8 Å². The number of H-pyrrole nitrogens is 1. The fraction of sp³-hybridized carbons (Fsp3) is 0.565. The van der Waals surface area contributed by atoms with Crippen molar-refractivity contribution in [3.8, 4) is 0 Å². The van der Waals surface area contributed by atoms with E-state index in [2.05, 4.69) is 40.4 Å². The summed E-state index contributed by atoms with van der Waals surface area (Å²) in [6, 6.07) is 6.25. The minimum atomic E-state index is -0.268. The second-order valence-electron chi connectivity index (χ2n) is 9.32. The van der Waals surface area contributed by atoms with Gasteiger partial charge in [0, 0.05) is 18.4 Å². The topological polar surface area (TPSA) is 101 Å². The van der Waals surface area contributed by atoms with Gasteiger partial charge in [0.2, 0.25) is 5.82 Å². The summed E-state index contributed by atoms with van der Waals surface area (Å²) >= 11 is 0. The van der Waals surface area contributed by atoms with Crippen LogP contribution in [0.25, 0.3) is 10.9 Å². The second kappa shape index (κ2) is 8.16. The minimum absolute atomic E-state index is 0.0830. The Morgan fingerprint density at radius 3 is 2.55 bits per heavy atom. The Morgan fingerprint density at radius 2 is 1.81 bits per heavy atom. The summed E-state index contributed by atoms with van der Waals surface area (Å²) in [5.41, 5.74) is 3.84. The molecule has 2 aliphatic rings. The number of nitrogens with zero attached hydrogens (tertiary/aromatic N) is 4. The first-order chi connectivity index (χ1) is 15.0. The molecule has 1 aliphatic heterocycles. The molecule has 1 aromatic carbocycles. The zero-order valence-corrected chi connectivity index (χ0v) is 18.3. The fourth-order valence-electron chi connectivity index (χ4n) is 5.31. The predicted molar refractivity (Wildman–Crippen MR) is 117 cm³/mol. The molecule has 0 radical (unpaired) electrons. The number of aromatic nitrogens is 5. The molecule has 3 heterocycles. The molecule has 0 bridgehead atoms. The molecule has 3 N–H and O–H groups in total. The van der Waals surface area contributed by atoms with Crippen molar-refractivity contribution in [2.45, 2.75) is 70.6 Å². The number of benzene rings is 1. The van der Waals surface area contributed by atoms with Crippen LogP contribution in [0.5, 0.6) is 0 Å². The number of pyridine rings is 1. The van der Waals surface area contributed by atoms with Crippen molar-refractivity contribution < 1.29 is 10.0 Å². The molecule has 1 aliphatic carbocycles. The molecule has 0 unspecified atom stereocenters. The summed E-state index contributed by atoms with van der Waals surface area (Å²) in [6.07, 6.45) is 5.70. The monoisotopic (exact) mass is 423 g/mol. The van der Waals surface area contributed by atoms with Crippen LogP contribution in [0.2, 0.25) is 0 Å². The van der Waals surface area contributed by atoms with Crippen molar-refractivity contribution in [1.82, 2.24) is 25.2 Å². The quantitative estimate of drug-likeness (QED) is 0.589. The van der Waals surface area contributed by atoms with Crippen LogP contribution in [-0.4, -0.2) is 49.5 Å². The van der Waals surface area contributed by atoms with E-state index in [9.17, 15) is 9.90 Å². The predicted octanol–water partition coefficient (Wildman–Crippen LogP) is 1.38. The number of aliphatic hydroxyl groups is 1. The third-order valence-electron chi connectivity index (χ3n) is 7.25. The van der Waals surface area contributed by atoms with Gasteiger partial charge in [-0.1, -0.05) is 12.8 Å². The number of hydrogen-bond acceptors (Lipinski definition) is 5. The van der Waals surface area contributed by atoms with E-state index >= 15 is 0 Å². The molecule has 5 rings (SSSR count). The summed E-state index contributed by atoms with van der Waals surface area (Å²) < 4.78 is 1.97. The standard InChI is InChI=1S/C23H30N6O2/c1-14-11-16-13-19(23(31)24-20(16)12-15(14)2)21(28-9-7-18(30)8-10-28)22-25-26-27-29(22)17-5-3-4-6-17/h11-13,17-18,21,30H,3-10H2,1-2H3,(H,24,31)/p+1/t21-/m1/s1. The van der Waals surface area contributed by atoms with Crippen molar-refractivity contribution in [3.63, 3.8) is 0 Å². The molecule has 8 nitrogen and oxygen atoms in total. The molecular formula is C23H31N6O2+. The molecule has 8 heteroatoms. The van der Waals surface area contributed by atoms with Crippen LogP contribution in [0.3, 0.4) is 0 Å². The number of rotatable bonds is 4. The van der Waals surface area contributed by atoms with Gasteiger partial charge in [-0.2, -0.15) is 0 Å². The van der Waals surface area contributed by atoms with Gasteiger partial charge in [0.25, 0.3) is 5.56 Å². The van der Waals surface area contributed by atoms with Gasteiger partial charge in [-0.25, -0.2) is 4.68 Å². The lowest BCUT2D eigenvalue weighted by molar-refractivity contribution is -0.932. The molecule has 3 aromatic rings. The molecular weight excluding hydrogens is 392 g/mol. The van der Waals surface area contributed by atoms with Gasteiger partial charge in [0.05, 0.1) is 30.8 Å². The number of aromatic amines is 1. The van der Waals surface area contributed by atoms with E-state index in [0.29, 0.717) is 11.6 Å². The summed E-state index contributed by atoms with van der Waals surface area (Å²) in [5.74, 6) is 0.770. The molecule has 31 heavy (non-hydrogen) atoms. The summed E-state index contributed by atoms with van der Waals surface area (Å²) in [7, 11) is 0. The van der Waals surface area contributed by atoms with E-state index in [1.54, 1.807) is 0 Å². The smallest absolute Gasteiger partial charge is 0.258 e. The third-order valence-corrected chi connectivity index (χ3v) is 7.25. The van der Waals surface area contributed by atoms with E-state index in [1.165, 1.54) is 23.3 Å². The van der Waals surface area contributed by atoms with Gasteiger partial charge in [0.15, 0.2) is 6.04 Å². The maximum Gasteiger partial charge on any atom is 0.258 e. The summed E-state index contributed by atoms with van der Waals surface area (Å²) in [4.78, 5) is 17.7. The maximum absolute atomic E-state index is 13.3. The number of aliphatic hydroxyl groups excluding tert-OH is 1. The third kappa shape index (κ3) is 3.78. The zero-order chi connectivity index (χ0) is 21.5. The van der Waals surface area contributed by atoms with Crippen molar-refractivity contribution in [2.24, 2.45) is 0 Å². The molecule has 2 aromatic heterocycles. The fourth-order valence-corrected chi connectivity index (χ4v) is 5.31. The normalized spacial score (nSPS) is 23.5. The van der Waals surface area contributed by atoms with Crippen LogP contribution in [-0.2, 0) is 0 Å². The lowest BCUT2D eigenvalue weighted by atomic mass is 9.98. The average molecular weight is 424 g/mol. The van der Waals surface area contributed by atoms with Gasteiger partial charge in [0.1, 0.15) is 0 Å². The van der Waals surface area contributed by atoms with Crippen LogP contribution in [0.4, 0.5) is 0 Å². The first-order valence-electron chi connectivity index (χ1n) is 11.5. The highest BCUT2D eigenvalue weighted by Gasteiger charge is 2.37. The van der Waals surface area contributed by atoms with E-state index in [4.69, 9.17) is 0 Å². The number of nitrogens with one attached hydrogen (secondary N) is 2. The molecule has 1 saturated carbocycles. The number of aryl methyl sites for hydroxylation is 2. The highest BCUT2D eigenvalue weighted by Crippen LogP contribution is 2.31. The molecule has 0 spiro atoms. The van der Waals surface area contributed by atoms with Gasteiger partial charge in [-0.15, -0.1) is 5.10 Å². The number of fused-ring (bicyclic) bond motifs is 1. The number of tetrazole rings is 1. The first-order valence-corrected chi connectivity index (χ1v) is 11.5. The Balaban J connectivity index is 1.65. The van der Waals surface area contributed by atoms with Crippen molar-refractivity contribution in [3.05, 3.63) is 51.1 Å². The van der Waals surface area contributed by atoms with Crippen LogP contribution >= 0.6 is 0 Å². The highest BCUT2D eigenvalue weighted by molar-refractivity contribution is 5.80. The first kappa shape index (κ1) is 20.3. The average Bonchev–Trinajstić information content (AvgIpc) is 3.43. The van der Waals surface area contributed by atoms with Crippen molar-refractivity contribution in [2.75, 3.05) is 13.1 Å². The lowest BCUT2D eigenvalue weighted by Crippen LogP contribution is -3.14. The van der Waals surface area contributed by atoms with E-state index in [1.807, 2.05) is 16.8 Å². The van der Waals surface area contributed by atoms with E-state index in [0.717, 1.165) is 61.1 Å². The van der Waals surface area contributed by atoms with E-state index in [-0.39, 0.29) is 17.7 Å². The largest absolute Gasteiger partial charge is 0.393 e. The van der Waals surface area contributed by atoms with Crippen LogP contribution < -0.4 is 10.5 Å². The summed E-state index contributed by atoms with van der Waals surface area (Å²) in [5, 5.41) is 23.9. The Bertz CT molecular complexity index is 1140. The van der Waals surface area contributed by atoms with Crippen LogP contribution in [0.1, 0.15) is 73.1 Å². The van der Waals surface area contributed by atoms with E-state index < -0.39 is 0 Å². The Morgan fingerprint density at radius 1 is 1.10 bits per heavy atom. The number of hydrogen-bond donors (Lipinski definition) is 3. The molecule has 1 saturated heterocycles. The Labute approximate surface area is 181 Å². The minimum Gasteiger partial charge on any atom is -0.393 e. The van der Waals surface area contributed by atoms with Gasteiger partial charge >= 0.3 is 0 Å². The highest BCUT2D eigenvalue weighted by atomic mass is 16.3. The molecule has 1 atom stereocenters.